The minimum atomic E-state index is 0.167. The van der Waals surface area contributed by atoms with E-state index in [-0.39, 0.29) is 18.0 Å². The van der Waals surface area contributed by atoms with Crippen LogP contribution in [-0.2, 0) is 4.79 Å². The molecule has 0 aromatic carbocycles. The summed E-state index contributed by atoms with van der Waals surface area (Å²) in [6.07, 6.45) is 0. The van der Waals surface area contributed by atoms with E-state index in [4.69, 9.17) is 0 Å². The van der Waals surface area contributed by atoms with Crippen LogP contribution in [0.3, 0.4) is 0 Å². The van der Waals surface area contributed by atoms with Gasteiger partial charge in [-0.05, 0) is 13.8 Å². The maximum absolute atomic E-state index is 11.1. The Labute approximate surface area is 67.8 Å². The topological polar surface area (TPSA) is 34.4 Å². The molecule has 2 unspecified atom stereocenters. The second-order valence-electron chi connectivity index (χ2n) is 3.21. The highest BCUT2D eigenvalue weighted by atomic mass is 16.2. The Bertz CT molecular complexity index is 148. The lowest BCUT2D eigenvalue weighted by Gasteiger charge is -2.37. The van der Waals surface area contributed by atoms with Gasteiger partial charge in [0, 0.05) is 32.1 Å². The van der Waals surface area contributed by atoms with Gasteiger partial charge in [-0.1, -0.05) is 0 Å². The number of piperazine rings is 1. The van der Waals surface area contributed by atoms with E-state index in [2.05, 4.69) is 5.32 Å². The van der Waals surface area contributed by atoms with Crippen molar-refractivity contribution in [3.05, 3.63) is 0 Å². The SMILES string of the molecule is CC(=O)N1C(C)C[N]CC1C. The Morgan fingerprint density at radius 2 is 1.82 bits per heavy atom. The third-order valence-electron chi connectivity index (χ3n) is 2.10. The summed E-state index contributed by atoms with van der Waals surface area (Å²) in [4.78, 5) is 13.0. The summed E-state index contributed by atoms with van der Waals surface area (Å²) < 4.78 is 0. The van der Waals surface area contributed by atoms with Gasteiger partial charge in [0.05, 0.1) is 0 Å². The van der Waals surface area contributed by atoms with Crippen LogP contribution in [0.5, 0.6) is 0 Å². The molecule has 1 aliphatic rings. The molecule has 0 aromatic heterocycles. The van der Waals surface area contributed by atoms with Gasteiger partial charge in [0.25, 0.3) is 0 Å². The summed E-state index contributed by atoms with van der Waals surface area (Å²) in [5.41, 5.74) is 0. The monoisotopic (exact) mass is 155 g/mol. The van der Waals surface area contributed by atoms with Crippen LogP contribution in [0.25, 0.3) is 0 Å². The van der Waals surface area contributed by atoms with Crippen molar-refractivity contribution in [1.29, 1.82) is 0 Å². The normalized spacial score (nSPS) is 32.1. The molecule has 0 aliphatic carbocycles. The Hall–Kier alpha value is -0.570. The van der Waals surface area contributed by atoms with E-state index in [0.717, 1.165) is 13.1 Å². The van der Waals surface area contributed by atoms with E-state index in [9.17, 15) is 4.79 Å². The molecule has 2 atom stereocenters. The van der Waals surface area contributed by atoms with Gasteiger partial charge < -0.3 is 4.90 Å². The Kier molecular flexibility index (Phi) is 2.49. The number of carbonyl (C=O) groups excluding carboxylic acids is 1. The summed E-state index contributed by atoms with van der Waals surface area (Å²) in [6.45, 7) is 7.30. The Morgan fingerprint density at radius 3 is 2.09 bits per heavy atom. The predicted molar refractivity (Wildman–Crippen MR) is 43.3 cm³/mol. The van der Waals surface area contributed by atoms with E-state index in [0.29, 0.717) is 0 Å². The fourth-order valence-electron chi connectivity index (χ4n) is 1.68. The second-order valence-corrected chi connectivity index (χ2v) is 3.21. The standard InChI is InChI=1S/C8H15N2O/c1-6-4-9-5-7(2)10(6)8(3)11/h6-7H,4-5H2,1-3H3. The molecule has 0 bridgehead atoms. The molecule has 1 rings (SSSR count). The van der Waals surface area contributed by atoms with Crippen LogP contribution in [0.1, 0.15) is 20.8 Å². The van der Waals surface area contributed by atoms with Crippen molar-refractivity contribution in [3.63, 3.8) is 0 Å². The Balaban J connectivity index is 2.62. The maximum Gasteiger partial charge on any atom is 0.220 e. The van der Waals surface area contributed by atoms with Crippen LogP contribution >= 0.6 is 0 Å². The van der Waals surface area contributed by atoms with Gasteiger partial charge in [0.15, 0.2) is 0 Å². The molecule has 1 radical (unpaired) electrons. The second kappa shape index (κ2) is 3.22. The average Bonchev–Trinajstić information content (AvgIpc) is 1.85. The van der Waals surface area contributed by atoms with Gasteiger partial charge in [-0.3, -0.25) is 4.79 Å². The molecule has 1 aliphatic heterocycles. The van der Waals surface area contributed by atoms with E-state index in [1.54, 1.807) is 6.92 Å². The lowest BCUT2D eigenvalue weighted by atomic mass is 10.1. The third-order valence-corrected chi connectivity index (χ3v) is 2.10. The van der Waals surface area contributed by atoms with Gasteiger partial charge >= 0.3 is 0 Å². The zero-order chi connectivity index (χ0) is 8.43. The fraction of sp³-hybridized carbons (Fsp3) is 0.875. The average molecular weight is 155 g/mol. The molecule has 1 heterocycles. The van der Waals surface area contributed by atoms with Gasteiger partial charge in [0.1, 0.15) is 0 Å². The maximum atomic E-state index is 11.1. The van der Waals surface area contributed by atoms with Crippen molar-refractivity contribution in [2.24, 2.45) is 0 Å². The number of amides is 1. The largest absolute Gasteiger partial charge is 0.335 e. The van der Waals surface area contributed by atoms with Crippen LogP contribution in [0.4, 0.5) is 0 Å². The number of hydrogen-bond donors (Lipinski definition) is 0. The minimum Gasteiger partial charge on any atom is -0.335 e. The summed E-state index contributed by atoms with van der Waals surface area (Å²) in [5, 5.41) is 4.28. The van der Waals surface area contributed by atoms with Crippen LogP contribution in [0, 0.1) is 0 Å². The van der Waals surface area contributed by atoms with Crippen molar-refractivity contribution in [1.82, 2.24) is 10.2 Å². The number of hydrogen-bond acceptors (Lipinski definition) is 1. The van der Waals surface area contributed by atoms with Gasteiger partial charge in [-0.25, -0.2) is 5.32 Å². The van der Waals surface area contributed by atoms with Crippen molar-refractivity contribution in [2.75, 3.05) is 13.1 Å². The van der Waals surface area contributed by atoms with E-state index in [1.165, 1.54) is 0 Å². The van der Waals surface area contributed by atoms with Crippen LogP contribution < -0.4 is 5.32 Å². The molecule has 11 heavy (non-hydrogen) atoms. The number of nitrogens with zero attached hydrogens (tertiary/aromatic N) is 2. The predicted octanol–water partition coefficient (Wildman–Crippen LogP) is 0.230. The quantitative estimate of drug-likeness (QED) is 0.493. The van der Waals surface area contributed by atoms with Crippen LogP contribution in [0.15, 0.2) is 0 Å². The molecular formula is C8H15N2O. The smallest absolute Gasteiger partial charge is 0.220 e. The molecular weight excluding hydrogens is 140 g/mol. The van der Waals surface area contributed by atoms with Crippen LogP contribution in [0.2, 0.25) is 0 Å². The number of rotatable bonds is 0. The summed E-state index contributed by atoms with van der Waals surface area (Å²) in [6, 6.07) is 0.576. The highest BCUT2D eigenvalue weighted by Crippen LogP contribution is 2.09. The highest BCUT2D eigenvalue weighted by Gasteiger charge is 2.26. The first-order chi connectivity index (χ1) is 5.13. The fourth-order valence-corrected chi connectivity index (χ4v) is 1.68. The van der Waals surface area contributed by atoms with Crippen molar-refractivity contribution in [3.8, 4) is 0 Å². The summed E-state index contributed by atoms with van der Waals surface area (Å²) in [5.74, 6) is 0.167. The molecule has 0 aromatic rings. The van der Waals surface area contributed by atoms with Crippen LogP contribution in [-0.4, -0.2) is 36.0 Å². The van der Waals surface area contributed by atoms with E-state index < -0.39 is 0 Å². The lowest BCUT2D eigenvalue weighted by molar-refractivity contribution is -0.134. The number of carbonyl (C=O) groups is 1. The molecule has 3 heteroatoms. The zero-order valence-corrected chi connectivity index (χ0v) is 7.37. The van der Waals surface area contributed by atoms with Crippen molar-refractivity contribution >= 4 is 5.91 Å². The molecule has 3 nitrogen and oxygen atoms in total. The molecule has 0 spiro atoms. The molecule has 1 fully saturated rings. The van der Waals surface area contributed by atoms with E-state index in [1.807, 2.05) is 18.7 Å². The first kappa shape index (κ1) is 8.53. The molecule has 63 valence electrons. The minimum absolute atomic E-state index is 0.167. The molecule has 0 saturated carbocycles. The third kappa shape index (κ3) is 1.71. The van der Waals surface area contributed by atoms with Crippen molar-refractivity contribution in [2.45, 2.75) is 32.9 Å². The zero-order valence-electron chi connectivity index (χ0n) is 7.37. The molecule has 1 amide bonds. The van der Waals surface area contributed by atoms with Gasteiger partial charge in [-0.15, -0.1) is 0 Å². The molecule has 1 saturated heterocycles. The summed E-state index contributed by atoms with van der Waals surface area (Å²) in [7, 11) is 0. The Morgan fingerprint density at radius 1 is 1.36 bits per heavy atom. The molecule has 0 N–H and O–H groups in total. The summed E-state index contributed by atoms with van der Waals surface area (Å²) >= 11 is 0. The van der Waals surface area contributed by atoms with Gasteiger partial charge in [0.2, 0.25) is 5.91 Å². The first-order valence-electron chi connectivity index (χ1n) is 4.05. The lowest BCUT2D eigenvalue weighted by Crippen LogP contribution is -2.54. The first-order valence-corrected chi connectivity index (χ1v) is 4.05. The van der Waals surface area contributed by atoms with Crippen molar-refractivity contribution < 1.29 is 4.79 Å². The highest BCUT2D eigenvalue weighted by molar-refractivity contribution is 5.74. The van der Waals surface area contributed by atoms with Gasteiger partial charge in [-0.2, -0.15) is 0 Å². The van der Waals surface area contributed by atoms with E-state index >= 15 is 0 Å².